The predicted octanol–water partition coefficient (Wildman–Crippen LogP) is 10.7. The van der Waals surface area contributed by atoms with Gasteiger partial charge in [-0.1, -0.05) is 36.6 Å². The van der Waals surface area contributed by atoms with Crippen LogP contribution < -0.4 is 34.1 Å². The second-order valence-electron chi connectivity index (χ2n) is 21.7. The van der Waals surface area contributed by atoms with Crippen LogP contribution >= 0.6 is 15.6 Å². The molecule has 1 saturated heterocycles. The number of nitrogens with one attached hydrogen (secondary N) is 1. The van der Waals surface area contributed by atoms with E-state index in [0.717, 1.165) is 103 Å². The minimum absolute atomic E-state index is 0.280. The molecule has 2 aromatic carbocycles. The zero-order chi connectivity index (χ0) is 71.7. The van der Waals surface area contributed by atoms with E-state index < -0.39 is 70.1 Å². The number of unbranched alkanes of at least 4 members (excludes halogenated alkanes) is 6. The third-order valence-corrected chi connectivity index (χ3v) is 13.1. The molecule has 3 N–H and O–H groups in total. The molecule has 38 heteroatoms. The number of halogens is 12. The fourth-order valence-corrected chi connectivity index (χ4v) is 9.13. The quantitative estimate of drug-likeness (QED) is 0.0174. The Morgan fingerprint density at radius 3 is 1.55 bits per heavy atom. The molecular weight excluding hydrogens is 1370 g/mol. The van der Waals surface area contributed by atoms with Crippen LogP contribution in [0.4, 0.5) is 50.4 Å². The number of pyridine rings is 1. The molecule has 2 aromatic heterocycles. The number of para-hydroxylation sites is 2. The Labute approximate surface area is 551 Å². The van der Waals surface area contributed by atoms with Crippen LogP contribution in [0.15, 0.2) is 73.2 Å². The van der Waals surface area contributed by atoms with Gasteiger partial charge in [0.2, 0.25) is 6.10 Å². The summed E-state index contributed by atoms with van der Waals surface area (Å²) in [5.74, 6) is -0.414. The van der Waals surface area contributed by atoms with E-state index in [2.05, 4.69) is 27.0 Å². The van der Waals surface area contributed by atoms with Crippen LogP contribution in [-0.4, -0.2) is 168 Å². The van der Waals surface area contributed by atoms with Crippen molar-refractivity contribution in [3.8, 4) is 23.0 Å². The maximum atomic E-state index is 13.1. The van der Waals surface area contributed by atoms with Gasteiger partial charge >= 0.3 is 96.1 Å². The Kier molecular flexibility index (Phi) is 32.2. The van der Waals surface area contributed by atoms with Gasteiger partial charge in [-0.25, -0.2) is 0 Å². The number of hydrogen-bond donors (Lipinski definition) is 2. The molecule has 2 aliphatic heterocycles. The van der Waals surface area contributed by atoms with Gasteiger partial charge in [-0.05, 0) is 68.9 Å². The van der Waals surface area contributed by atoms with Gasteiger partial charge in [-0.3, -0.25) is 28.7 Å². The normalized spacial score (nSPS) is 20.0. The summed E-state index contributed by atoms with van der Waals surface area (Å²) in [5, 5.41) is 14.0. The van der Waals surface area contributed by atoms with E-state index in [0.29, 0.717) is 114 Å². The number of ether oxygens (including phenoxy) is 13. The second-order valence-corrected chi connectivity index (χ2v) is 25.5. The van der Waals surface area contributed by atoms with E-state index in [4.69, 9.17) is 61.6 Å². The molecule has 0 radical (unpaired) electrons. The third-order valence-electron chi connectivity index (χ3n) is 13.1. The van der Waals surface area contributed by atoms with Gasteiger partial charge in [-0.2, -0.15) is 4.57 Å². The van der Waals surface area contributed by atoms with Crippen molar-refractivity contribution in [3.63, 3.8) is 0 Å². The minimum atomic E-state index is -10.7. The molecule has 1 amide bonds. The van der Waals surface area contributed by atoms with Crippen LogP contribution in [0.5, 0.6) is 23.0 Å². The number of hydrogen-bond acceptors (Lipinski definition) is 20. The number of nitrogens with zero attached hydrogens (tertiary/aromatic N) is 4. The molecule has 1 fully saturated rings. The summed E-state index contributed by atoms with van der Waals surface area (Å²) in [5.41, 5.74) is 2.51. The number of nitrogens with two attached hydrogens (primary N) is 1. The van der Waals surface area contributed by atoms with Crippen molar-refractivity contribution in [1.29, 1.82) is 0 Å². The molecule has 0 unspecified atom stereocenters. The molecule has 5 atom stereocenters. The van der Waals surface area contributed by atoms with E-state index in [9.17, 15) is 74.3 Å². The fraction of sp³-hybridized carbons (Fsp3) is 0.593. The first kappa shape index (κ1) is 82.5. The number of rotatable bonds is 23. The average molecular weight is 1460 g/mol. The zero-order valence-electron chi connectivity index (χ0n) is 53.8. The van der Waals surface area contributed by atoms with Gasteiger partial charge in [0.05, 0.1) is 70.7 Å². The number of benzene rings is 2. The van der Waals surface area contributed by atoms with E-state index in [1.165, 1.54) is 18.4 Å². The standard InChI is InChI=1S/C59H82N6O18.2F6P/c1-43(66)79-42-54-55(80-44(2)67)56(81-45(3)68)57(82-46(4)69)59(83-54)64-25-20-48(21-26-64)58(70)61-23-13-7-8-14-24-65-41-49(62-63-65)15-9-5-6-12-22-60-40-47-18-19-52-53(39-47)78-38-34-74-30-29-72-32-36-76-51-17-11-10-16-50(51)75-35-31-71-27-28-73-33-37-77-52;2*1-7(2,3,4,5)6/h10-11,16-21,25-26,39,41,54-57,59-60H,5-9,12-15,22-24,27-38,40,42H2,1-4H3;;/q;2*-1/p+2/t54-,55-,56+,57+,59+;;/m1../s1. The van der Waals surface area contributed by atoms with Crippen molar-refractivity contribution in [2.24, 2.45) is 0 Å². The van der Waals surface area contributed by atoms with Gasteiger partial charge < -0.3 is 72.2 Å². The van der Waals surface area contributed by atoms with Crippen LogP contribution in [0.1, 0.15) is 107 Å². The maximum absolute atomic E-state index is 13.1. The van der Waals surface area contributed by atoms with E-state index in [1.54, 1.807) is 24.5 Å². The van der Waals surface area contributed by atoms with Crippen molar-refractivity contribution in [2.45, 2.75) is 129 Å². The summed E-state index contributed by atoms with van der Waals surface area (Å²) in [6.07, 6.45) is 7.91. The number of amides is 1. The Balaban J connectivity index is 0.00000128. The van der Waals surface area contributed by atoms with Crippen molar-refractivity contribution in [3.05, 3.63) is 90.0 Å². The molecule has 4 aromatic rings. The molecule has 2 aliphatic rings. The molecule has 4 heterocycles. The Hall–Kier alpha value is -6.94. The van der Waals surface area contributed by atoms with Gasteiger partial charge in [0, 0.05) is 64.7 Å². The van der Waals surface area contributed by atoms with Gasteiger partial charge in [0.15, 0.2) is 47.6 Å². The molecule has 6 rings (SSSR count). The molecule has 97 heavy (non-hydrogen) atoms. The van der Waals surface area contributed by atoms with E-state index in [-0.39, 0.29) is 12.5 Å². The Morgan fingerprint density at radius 2 is 1.02 bits per heavy atom. The first-order valence-corrected chi connectivity index (χ1v) is 34.9. The van der Waals surface area contributed by atoms with Gasteiger partial charge in [-0.15, -0.1) is 5.10 Å². The molecular formula is C59H84F12N6O18P2. The molecule has 24 nitrogen and oxygen atoms in total. The second kappa shape index (κ2) is 37.9. The van der Waals surface area contributed by atoms with Crippen molar-refractivity contribution < 1.29 is 146 Å². The predicted molar refractivity (Wildman–Crippen MR) is 323 cm³/mol. The average Bonchev–Trinajstić information content (AvgIpc) is 1.61. The molecule has 0 aliphatic carbocycles. The van der Waals surface area contributed by atoms with Gasteiger partial charge in [0.25, 0.3) is 5.91 Å². The first-order valence-electron chi connectivity index (χ1n) is 30.8. The Morgan fingerprint density at radius 1 is 0.557 bits per heavy atom. The molecule has 0 spiro atoms. The first-order chi connectivity index (χ1) is 45.3. The van der Waals surface area contributed by atoms with Crippen molar-refractivity contribution >= 4 is 45.4 Å². The summed E-state index contributed by atoms with van der Waals surface area (Å²) in [6, 6.07) is 16.8. The number of aryl methyl sites for hydroxylation is 2. The van der Waals surface area contributed by atoms with Crippen LogP contribution in [0.2, 0.25) is 0 Å². The van der Waals surface area contributed by atoms with Crippen LogP contribution in [0, 0.1) is 0 Å². The van der Waals surface area contributed by atoms with E-state index in [1.807, 2.05) is 47.3 Å². The fourth-order valence-electron chi connectivity index (χ4n) is 9.13. The number of aromatic nitrogens is 4. The van der Waals surface area contributed by atoms with E-state index >= 15 is 0 Å². The number of esters is 4. The molecule has 0 saturated carbocycles. The summed E-state index contributed by atoms with van der Waals surface area (Å²) in [4.78, 5) is 61.3. The zero-order valence-corrected chi connectivity index (χ0v) is 55.6. The van der Waals surface area contributed by atoms with Gasteiger partial charge in [0.1, 0.15) is 45.7 Å². The Bertz CT molecular complexity index is 3030. The van der Waals surface area contributed by atoms with Crippen molar-refractivity contribution in [2.75, 3.05) is 99.0 Å². The summed E-state index contributed by atoms with van der Waals surface area (Å²) in [7, 11) is -21.3. The summed E-state index contributed by atoms with van der Waals surface area (Å²) in [6.45, 7) is 12.3. The molecule has 552 valence electrons. The monoisotopic (exact) mass is 1450 g/mol. The third kappa shape index (κ3) is 41.2. The number of carbonyl (C=O) groups excluding carboxylic acids is 5. The number of fused-ring (bicyclic) bond motifs is 2. The number of quaternary nitrogens is 1. The van der Waals surface area contributed by atoms with Crippen LogP contribution in [0.3, 0.4) is 0 Å². The molecule has 0 bridgehead atoms. The summed E-state index contributed by atoms with van der Waals surface area (Å²) < 4.78 is 197. The summed E-state index contributed by atoms with van der Waals surface area (Å²) >= 11 is 0. The SMILES string of the molecule is CC(=O)OC[C@H]1O[C@H]([n+]2ccc(C(=O)NCCCCCCn3cc(CCCCCC[NH2+]Cc4ccc5c(c4)OCCOCCOCCOc4ccccc4OCCOCCOCCO5)nn3)cc2)[C@@H](OC(C)=O)[C@@H](OC(C)=O)[C@@H]1OC(C)=O.F[P-](F)(F)(F)(F)F.F[P-](F)(F)(F)(F)F. The van der Waals surface area contributed by atoms with Crippen molar-refractivity contribution in [1.82, 2.24) is 20.3 Å². The van der Waals surface area contributed by atoms with Crippen LogP contribution in [0.25, 0.3) is 0 Å². The number of carbonyl (C=O) groups is 5. The van der Waals surface area contributed by atoms with Crippen LogP contribution in [-0.2, 0) is 81.3 Å². The topological polar surface area (TPSA) is 269 Å².